The lowest BCUT2D eigenvalue weighted by Gasteiger charge is -2.32. The lowest BCUT2D eigenvalue weighted by molar-refractivity contribution is 0.0346. The summed E-state index contributed by atoms with van der Waals surface area (Å²) in [5.41, 5.74) is 2.40. The average Bonchev–Trinajstić information content (AvgIpc) is 2.55. The van der Waals surface area contributed by atoms with E-state index in [0.29, 0.717) is 0 Å². The van der Waals surface area contributed by atoms with E-state index in [-0.39, 0.29) is 6.10 Å². The fraction of sp³-hybridized carbons (Fsp3) is 0.294. The van der Waals surface area contributed by atoms with Gasteiger partial charge in [0.1, 0.15) is 0 Å². The second kappa shape index (κ2) is 6.55. The van der Waals surface area contributed by atoms with Gasteiger partial charge in [0, 0.05) is 24.5 Å². The molecule has 1 atom stereocenters. The van der Waals surface area contributed by atoms with Gasteiger partial charge in [0.25, 0.3) is 0 Å². The molecular formula is C17H20N2O. The lowest BCUT2D eigenvalue weighted by Crippen LogP contribution is -2.44. The summed E-state index contributed by atoms with van der Waals surface area (Å²) < 4.78 is 5.85. The van der Waals surface area contributed by atoms with Crippen LogP contribution in [0.2, 0.25) is 0 Å². The van der Waals surface area contributed by atoms with E-state index in [0.717, 1.165) is 26.2 Å². The van der Waals surface area contributed by atoms with E-state index in [4.69, 9.17) is 4.74 Å². The van der Waals surface area contributed by atoms with Gasteiger partial charge in [-0.25, -0.2) is 0 Å². The summed E-state index contributed by atoms with van der Waals surface area (Å²) in [5, 5.41) is 3.39. The molecule has 1 aliphatic heterocycles. The molecule has 0 spiro atoms. The summed E-state index contributed by atoms with van der Waals surface area (Å²) in [6.45, 7) is 3.52. The molecule has 1 N–H and O–H groups in total. The van der Waals surface area contributed by atoms with Gasteiger partial charge in [-0.15, -0.1) is 0 Å². The molecular weight excluding hydrogens is 248 g/mol. The Labute approximate surface area is 120 Å². The Kier molecular flexibility index (Phi) is 4.31. The minimum atomic E-state index is 0.226. The van der Waals surface area contributed by atoms with Crippen LogP contribution in [0.5, 0.6) is 0 Å². The van der Waals surface area contributed by atoms with Gasteiger partial charge in [-0.2, -0.15) is 0 Å². The summed E-state index contributed by atoms with van der Waals surface area (Å²) in [4.78, 5) is 2.32. The van der Waals surface area contributed by atoms with E-state index >= 15 is 0 Å². The molecule has 0 unspecified atom stereocenters. The molecule has 0 radical (unpaired) electrons. The van der Waals surface area contributed by atoms with Crippen molar-refractivity contribution in [1.29, 1.82) is 0 Å². The van der Waals surface area contributed by atoms with Gasteiger partial charge in [-0.05, 0) is 24.3 Å². The molecule has 1 saturated heterocycles. The Morgan fingerprint density at radius 3 is 2.05 bits per heavy atom. The number of nitrogens with one attached hydrogen (secondary N) is 1. The highest BCUT2D eigenvalue weighted by molar-refractivity contribution is 5.63. The average molecular weight is 268 g/mol. The molecule has 0 aliphatic carbocycles. The standard InChI is InChI=1S/C17H20N2O/c1-3-7-15(8-4-1)19(16-9-5-2-6-10-16)14-17-13-18-11-12-20-17/h1-10,17-18H,11-14H2/t17-/m0/s1. The fourth-order valence-electron chi connectivity index (χ4n) is 2.52. The summed E-state index contributed by atoms with van der Waals surface area (Å²) in [6, 6.07) is 21.0. The van der Waals surface area contributed by atoms with Crippen molar-refractivity contribution < 1.29 is 4.74 Å². The predicted molar refractivity (Wildman–Crippen MR) is 82.5 cm³/mol. The molecule has 20 heavy (non-hydrogen) atoms. The molecule has 1 fully saturated rings. The Bertz CT molecular complexity index is 470. The van der Waals surface area contributed by atoms with Crippen molar-refractivity contribution >= 4 is 11.4 Å². The zero-order valence-corrected chi connectivity index (χ0v) is 11.5. The first kappa shape index (κ1) is 13.2. The van der Waals surface area contributed by atoms with Crippen LogP contribution in [0.4, 0.5) is 11.4 Å². The molecule has 0 bridgehead atoms. The van der Waals surface area contributed by atoms with Crippen molar-refractivity contribution in [2.45, 2.75) is 6.10 Å². The lowest BCUT2D eigenvalue weighted by atomic mass is 10.2. The number of benzene rings is 2. The topological polar surface area (TPSA) is 24.5 Å². The van der Waals surface area contributed by atoms with Crippen molar-refractivity contribution in [3.63, 3.8) is 0 Å². The number of hydrogen-bond acceptors (Lipinski definition) is 3. The largest absolute Gasteiger partial charge is 0.374 e. The molecule has 104 valence electrons. The minimum Gasteiger partial charge on any atom is -0.374 e. The van der Waals surface area contributed by atoms with E-state index in [2.05, 4.69) is 58.7 Å². The monoisotopic (exact) mass is 268 g/mol. The second-order valence-electron chi connectivity index (χ2n) is 4.98. The van der Waals surface area contributed by atoms with Crippen LogP contribution in [-0.2, 0) is 4.74 Å². The van der Waals surface area contributed by atoms with Crippen molar-refractivity contribution in [1.82, 2.24) is 5.32 Å². The van der Waals surface area contributed by atoms with E-state index in [1.54, 1.807) is 0 Å². The summed E-state index contributed by atoms with van der Waals surface area (Å²) >= 11 is 0. The third-order valence-corrected chi connectivity index (χ3v) is 3.53. The van der Waals surface area contributed by atoms with Gasteiger partial charge in [0.05, 0.1) is 19.3 Å². The Hall–Kier alpha value is -1.84. The quantitative estimate of drug-likeness (QED) is 0.923. The van der Waals surface area contributed by atoms with Gasteiger partial charge >= 0.3 is 0 Å². The van der Waals surface area contributed by atoms with Gasteiger partial charge in [-0.1, -0.05) is 36.4 Å². The molecule has 0 amide bonds. The second-order valence-corrected chi connectivity index (χ2v) is 4.98. The maximum Gasteiger partial charge on any atom is 0.0878 e. The Morgan fingerprint density at radius 2 is 1.55 bits per heavy atom. The number of morpholine rings is 1. The van der Waals surface area contributed by atoms with Crippen molar-refractivity contribution in [2.24, 2.45) is 0 Å². The first-order valence-corrected chi connectivity index (χ1v) is 7.13. The maximum atomic E-state index is 5.85. The number of para-hydroxylation sites is 2. The fourth-order valence-corrected chi connectivity index (χ4v) is 2.52. The van der Waals surface area contributed by atoms with Crippen LogP contribution >= 0.6 is 0 Å². The summed E-state index contributed by atoms with van der Waals surface area (Å²) in [7, 11) is 0. The van der Waals surface area contributed by atoms with Gasteiger partial charge in [0.15, 0.2) is 0 Å². The van der Waals surface area contributed by atoms with Crippen molar-refractivity contribution in [3.05, 3.63) is 60.7 Å². The SMILES string of the molecule is c1ccc(N(C[C@@H]2CNCCO2)c2ccccc2)cc1. The van der Waals surface area contributed by atoms with Crippen LogP contribution in [-0.4, -0.2) is 32.3 Å². The Morgan fingerprint density at radius 1 is 0.950 bits per heavy atom. The van der Waals surface area contributed by atoms with E-state index in [9.17, 15) is 0 Å². The number of rotatable bonds is 4. The zero-order valence-electron chi connectivity index (χ0n) is 11.5. The first-order valence-electron chi connectivity index (χ1n) is 7.13. The first-order chi connectivity index (χ1) is 9.93. The zero-order chi connectivity index (χ0) is 13.6. The molecule has 1 heterocycles. The van der Waals surface area contributed by atoms with Crippen LogP contribution in [0.1, 0.15) is 0 Å². The molecule has 3 heteroatoms. The normalized spacial score (nSPS) is 18.7. The molecule has 1 aliphatic rings. The number of ether oxygens (including phenoxy) is 1. The van der Waals surface area contributed by atoms with Crippen LogP contribution in [0.3, 0.4) is 0 Å². The number of nitrogens with zero attached hydrogens (tertiary/aromatic N) is 1. The summed E-state index contributed by atoms with van der Waals surface area (Å²) in [6.07, 6.45) is 0.226. The molecule has 3 nitrogen and oxygen atoms in total. The number of anilines is 2. The van der Waals surface area contributed by atoms with Crippen LogP contribution in [0.25, 0.3) is 0 Å². The van der Waals surface area contributed by atoms with E-state index < -0.39 is 0 Å². The number of hydrogen-bond donors (Lipinski definition) is 1. The van der Waals surface area contributed by atoms with Gasteiger partial charge < -0.3 is 15.0 Å². The molecule has 0 aromatic heterocycles. The van der Waals surface area contributed by atoms with Crippen LogP contribution in [0, 0.1) is 0 Å². The van der Waals surface area contributed by atoms with Crippen molar-refractivity contribution in [2.75, 3.05) is 31.1 Å². The van der Waals surface area contributed by atoms with Crippen LogP contribution in [0.15, 0.2) is 60.7 Å². The highest BCUT2D eigenvalue weighted by Crippen LogP contribution is 2.25. The summed E-state index contributed by atoms with van der Waals surface area (Å²) in [5.74, 6) is 0. The van der Waals surface area contributed by atoms with Gasteiger partial charge in [-0.3, -0.25) is 0 Å². The van der Waals surface area contributed by atoms with Crippen molar-refractivity contribution in [3.8, 4) is 0 Å². The maximum absolute atomic E-state index is 5.85. The Balaban J connectivity index is 1.83. The van der Waals surface area contributed by atoms with E-state index in [1.807, 2.05) is 12.1 Å². The van der Waals surface area contributed by atoms with E-state index in [1.165, 1.54) is 11.4 Å². The molecule has 2 aromatic rings. The predicted octanol–water partition coefficient (Wildman–Crippen LogP) is 2.81. The minimum absolute atomic E-state index is 0.226. The smallest absolute Gasteiger partial charge is 0.0878 e. The molecule has 0 saturated carbocycles. The third kappa shape index (κ3) is 3.18. The van der Waals surface area contributed by atoms with Crippen LogP contribution < -0.4 is 10.2 Å². The highest BCUT2D eigenvalue weighted by atomic mass is 16.5. The molecule has 2 aromatic carbocycles. The highest BCUT2D eigenvalue weighted by Gasteiger charge is 2.18. The third-order valence-electron chi connectivity index (χ3n) is 3.53. The molecule has 3 rings (SSSR count). The van der Waals surface area contributed by atoms with Gasteiger partial charge in [0.2, 0.25) is 0 Å².